The summed E-state index contributed by atoms with van der Waals surface area (Å²) < 4.78 is 1.82. The van der Waals surface area contributed by atoms with Gasteiger partial charge in [-0.1, -0.05) is 19.1 Å². The minimum Gasteiger partial charge on any atom is -0.480 e. The van der Waals surface area contributed by atoms with E-state index < -0.39 is 12.5 Å². The summed E-state index contributed by atoms with van der Waals surface area (Å²) in [5.41, 5.74) is 4.46. The molecule has 2 amide bonds. The minimum absolute atomic E-state index is 0.0808. The molecule has 1 aromatic carbocycles. The van der Waals surface area contributed by atoms with Crippen LogP contribution in [0.1, 0.15) is 29.4 Å². The molecular weight excluding hydrogens is 360 g/mol. The Kier molecular flexibility index (Phi) is 6.92. The van der Waals surface area contributed by atoms with E-state index in [0.717, 1.165) is 22.5 Å². The fourth-order valence-corrected chi connectivity index (χ4v) is 2.91. The first-order valence-corrected chi connectivity index (χ1v) is 9.04. The van der Waals surface area contributed by atoms with Gasteiger partial charge in [0.05, 0.1) is 12.1 Å². The summed E-state index contributed by atoms with van der Waals surface area (Å²) >= 11 is 0. The van der Waals surface area contributed by atoms with Crippen molar-refractivity contribution >= 4 is 23.5 Å². The maximum Gasteiger partial charge on any atom is 0.322 e. The quantitative estimate of drug-likeness (QED) is 0.638. The van der Waals surface area contributed by atoms with Gasteiger partial charge in [-0.15, -0.1) is 0 Å². The van der Waals surface area contributed by atoms with Crippen LogP contribution in [-0.4, -0.2) is 39.2 Å². The highest BCUT2D eigenvalue weighted by Crippen LogP contribution is 2.18. The highest BCUT2D eigenvalue weighted by atomic mass is 16.4. The van der Waals surface area contributed by atoms with E-state index >= 15 is 0 Å². The number of carbonyl (C=O) groups excluding carboxylic acids is 2. The molecule has 0 saturated heterocycles. The summed E-state index contributed by atoms with van der Waals surface area (Å²) in [7, 11) is 1.89. The number of amides is 2. The van der Waals surface area contributed by atoms with Crippen molar-refractivity contribution in [2.24, 2.45) is 13.0 Å². The number of benzene rings is 1. The Labute approximate surface area is 163 Å². The summed E-state index contributed by atoms with van der Waals surface area (Å²) in [6, 6.07) is 6.92. The number of carbonyl (C=O) groups is 3. The molecule has 0 fully saturated rings. The Morgan fingerprint density at radius 1 is 1.18 bits per heavy atom. The number of carboxylic acids is 1. The van der Waals surface area contributed by atoms with E-state index in [9.17, 15) is 14.4 Å². The van der Waals surface area contributed by atoms with Crippen LogP contribution in [0.5, 0.6) is 0 Å². The predicted octanol–water partition coefficient (Wildman–Crippen LogP) is 1.60. The van der Waals surface area contributed by atoms with E-state index in [1.165, 1.54) is 0 Å². The van der Waals surface area contributed by atoms with Crippen LogP contribution in [0, 0.1) is 19.8 Å². The highest BCUT2D eigenvalue weighted by molar-refractivity contribution is 5.92. The average molecular weight is 386 g/mol. The summed E-state index contributed by atoms with van der Waals surface area (Å²) in [4.78, 5) is 34.6. The van der Waals surface area contributed by atoms with Crippen LogP contribution >= 0.6 is 0 Å². The molecule has 0 spiro atoms. The number of aromatic nitrogens is 2. The number of aliphatic carboxylic acids is 1. The van der Waals surface area contributed by atoms with E-state index in [1.54, 1.807) is 24.3 Å². The van der Waals surface area contributed by atoms with Gasteiger partial charge >= 0.3 is 5.97 Å². The average Bonchev–Trinajstić information content (AvgIpc) is 2.87. The fourth-order valence-electron chi connectivity index (χ4n) is 2.91. The van der Waals surface area contributed by atoms with Crippen molar-refractivity contribution in [1.29, 1.82) is 0 Å². The Hall–Kier alpha value is -3.16. The van der Waals surface area contributed by atoms with Gasteiger partial charge in [-0.05, 0) is 43.5 Å². The van der Waals surface area contributed by atoms with Crippen molar-refractivity contribution in [2.45, 2.75) is 33.6 Å². The second kappa shape index (κ2) is 9.16. The molecule has 8 nitrogen and oxygen atoms in total. The zero-order chi connectivity index (χ0) is 20.8. The topological polar surface area (TPSA) is 113 Å². The number of anilines is 1. The largest absolute Gasteiger partial charge is 0.480 e. The molecule has 1 heterocycles. The van der Waals surface area contributed by atoms with E-state index in [4.69, 9.17) is 5.11 Å². The van der Waals surface area contributed by atoms with Gasteiger partial charge in [0.1, 0.15) is 6.54 Å². The molecule has 3 N–H and O–H groups in total. The molecule has 0 radical (unpaired) electrons. The summed E-state index contributed by atoms with van der Waals surface area (Å²) in [5, 5.41) is 18.1. The zero-order valence-corrected chi connectivity index (χ0v) is 16.6. The number of aryl methyl sites for hydroxylation is 2. The monoisotopic (exact) mass is 386 g/mol. The van der Waals surface area contributed by atoms with Gasteiger partial charge in [0.2, 0.25) is 11.8 Å². The smallest absolute Gasteiger partial charge is 0.322 e. The molecule has 0 saturated carbocycles. The SMILES string of the molecule is Cc1nn(C)c(C)c1CC(C)C(=O)Nc1ccc(CC(=O)NCC(=O)O)cc1. The molecule has 0 aliphatic heterocycles. The lowest BCUT2D eigenvalue weighted by Crippen LogP contribution is -2.30. The molecule has 1 aromatic heterocycles. The Morgan fingerprint density at radius 3 is 2.36 bits per heavy atom. The molecule has 0 aliphatic carbocycles. The van der Waals surface area contributed by atoms with Crippen LogP contribution in [0.3, 0.4) is 0 Å². The third kappa shape index (κ3) is 5.67. The standard InChI is InChI=1S/C20H26N4O4/c1-12(9-17-13(2)23-24(4)14(17)3)20(28)22-16-7-5-15(6-8-16)10-18(25)21-11-19(26)27/h5-8,12H,9-11H2,1-4H3,(H,21,25)(H,22,28)(H,26,27). The number of nitrogens with one attached hydrogen (secondary N) is 2. The molecule has 2 rings (SSSR count). The van der Waals surface area contributed by atoms with E-state index in [0.29, 0.717) is 12.1 Å². The van der Waals surface area contributed by atoms with Gasteiger partial charge in [-0.3, -0.25) is 19.1 Å². The van der Waals surface area contributed by atoms with E-state index in [2.05, 4.69) is 15.7 Å². The predicted molar refractivity (Wildman–Crippen MR) is 105 cm³/mol. The molecule has 1 unspecified atom stereocenters. The lowest BCUT2D eigenvalue weighted by molar-refractivity contribution is -0.137. The van der Waals surface area contributed by atoms with Crippen molar-refractivity contribution in [2.75, 3.05) is 11.9 Å². The Morgan fingerprint density at radius 2 is 1.82 bits per heavy atom. The maximum absolute atomic E-state index is 12.5. The summed E-state index contributed by atoms with van der Waals surface area (Å²) in [5.74, 6) is -1.76. The molecule has 0 bridgehead atoms. The number of hydrogen-bond acceptors (Lipinski definition) is 4. The third-order valence-corrected chi connectivity index (χ3v) is 4.64. The van der Waals surface area contributed by atoms with Gasteiger partial charge in [0.15, 0.2) is 0 Å². The molecular formula is C20H26N4O4. The number of carboxylic acid groups (broad SMARTS) is 1. The molecule has 8 heteroatoms. The van der Waals surface area contributed by atoms with Crippen molar-refractivity contribution in [3.05, 3.63) is 46.8 Å². The number of nitrogens with zero attached hydrogens (tertiary/aromatic N) is 2. The van der Waals surface area contributed by atoms with Gasteiger partial charge < -0.3 is 15.7 Å². The van der Waals surface area contributed by atoms with Crippen LogP contribution in [0.25, 0.3) is 0 Å². The number of hydrogen-bond donors (Lipinski definition) is 3. The molecule has 0 aliphatic rings. The summed E-state index contributed by atoms with van der Waals surface area (Å²) in [6.07, 6.45) is 0.691. The lowest BCUT2D eigenvalue weighted by Gasteiger charge is -2.13. The minimum atomic E-state index is -1.09. The van der Waals surface area contributed by atoms with Crippen LogP contribution in [-0.2, 0) is 34.3 Å². The van der Waals surface area contributed by atoms with Crippen LogP contribution in [0.4, 0.5) is 5.69 Å². The molecule has 1 atom stereocenters. The van der Waals surface area contributed by atoms with E-state index in [1.807, 2.05) is 32.5 Å². The third-order valence-electron chi connectivity index (χ3n) is 4.64. The van der Waals surface area contributed by atoms with Crippen molar-refractivity contribution < 1.29 is 19.5 Å². The first-order valence-electron chi connectivity index (χ1n) is 9.04. The van der Waals surface area contributed by atoms with Gasteiger partial charge in [0, 0.05) is 24.3 Å². The number of rotatable bonds is 8. The normalized spacial score (nSPS) is 11.7. The van der Waals surface area contributed by atoms with Gasteiger partial charge in [-0.25, -0.2) is 0 Å². The van der Waals surface area contributed by atoms with Crippen molar-refractivity contribution in [3.63, 3.8) is 0 Å². The van der Waals surface area contributed by atoms with Crippen molar-refractivity contribution in [1.82, 2.24) is 15.1 Å². The van der Waals surface area contributed by atoms with Gasteiger partial charge in [0.25, 0.3) is 0 Å². The van der Waals surface area contributed by atoms with Crippen LogP contribution in [0.15, 0.2) is 24.3 Å². The molecule has 2 aromatic rings. The Balaban J connectivity index is 1.91. The molecule has 150 valence electrons. The lowest BCUT2D eigenvalue weighted by atomic mass is 9.98. The first kappa shape index (κ1) is 21.1. The van der Waals surface area contributed by atoms with Gasteiger partial charge in [-0.2, -0.15) is 5.10 Å². The summed E-state index contributed by atoms with van der Waals surface area (Å²) in [6.45, 7) is 5.41. The second-order valence-electron chi connectivity index (χ2n) is 6.91. The second-order valence-corrected chi connectivity index (χ2v) is 6.91. The Bertz CT molecular complexity index is 871. The maximum atomic E-state index is 12.5. The van der Waals surface area contributed by atoms with Crippen molar-refractivity contribution in [3.8, 4) is 0 Å². The molecule has 28 heavy (non-hydrogen) atoms. The first-order chi connectivity index (χ1) is 13.2. The van der Waals surface area contributed by atoms with Crippen LogP contribution < -0.4 is 10.6 Å². The highest BCUT2D eigenvalue weighted by Gasteiger charge is 2.18. The fraction of sp³-hybridized carbons (Fsp3) is 0.400. The van der Waals surface area contributed by atoms with Crippen LogP contribution in [0.2, 0.25) is 0 Å². The zero-order valence-electron chi connectivity index (χ0n) is 16.6. The van der Waals surface area contributed by atoms with E-state index in [-0.39, 0.29) is 24.2 Å².